The third-order valence-electron chi connectivity index (χ3n) is 5.86. The van der Waals surface area contributed by atoms with Crippen molar-refractivity contribution in [2.45, 2.75) is 20.0 Å². The summed E-state index contributed by atoms with van der Waals surface area (Å²) in [6.45, 7) is 4.10. The second-order valence-electron chi connectivity index (χ2n) is 8.38. The van der Waals surface area contributed by atoms with Crippen molar-refractivity contribution in [3.63, 3.8) is 0 Å². The number of rotatable bonds is 5. The monoisotopic (exact) mass is 471 g/mol. The van der Waals surface area contributed by atoms with Crippen molar-refractivity contribution in [3.05, 3.63) is 72.0 Å². The van der Waals surface area contributed by atoms with Gasteiger partial charge in [0.15, 0.2) is 11.6 Å². The van der Waals surface area contributed by atoms with E-state index >= 15 is 0 Å². The van der Waals surface area contributed by atoms with Crippen LogP contribution in [0.4, 0.5) is 25.0 Å². The Hall–Kier alpha value is -3.33. The zero-order valence-corrected chi connectivity index (χ0v) is 18.9. The predicted molar refractivity (Wildman–Crippen MR) is 126 cm³/mol. The number of ketones is 1. The molecule has 3 aliphatic rings. The lowest BCUT2D eigenvalue weighted by atomic mass is 9.74. The van der Waals surface area contributed by atoms with Crippen molar-refractivity contribution in [1.29, 1.82) is 0 Å². The lowest BCUT2D eigenvalue weighted by Crippen LogP contribution is -2.32. The average molecular weight is 472 g/mol. The van der Waals surface area contributed by atoms with Crippen LogP contribution in [-0.4, -0.2) is 36.1 Å². The summed E-state index contributed by atoms with van der Waals surface area (Å²) in [5.74, 6) is -2.41. The number of amides is 1. The number of cyclic esters (lactones) is 1. The summed E-state index contributed by atoms with van der Waals surface area (Å²) in [5.41, 5.74) is -0.769. The third kappa shape index (κ3) is 4.73. The Morgan fingerprint density at radius 3 is 2.67 bits per heavy atom. The van der Waals surface area contributed by atoms with Crippen LogP contribution < -0.4 is 15.5 Å². The van der Waals surface area contributed by atoms with Crippen LogP contribution in [0.25, 0.3) is 0 Å². The highest BCUT2D eigenvalue weighted by Gasteiger charge is 2.34. The van der Waals surface area contributed by atoms with Crippen LogP contribution in [0, 0.1) is 23.0 Å². The van der Waals surface area contributed by atoms with Gasteiger partial charge in [0.1, 0.15) is 11.8 Å². The number of nitrogens with one attached hydrogen (secondary N) is 2. The van der Waals surface area contributed by atoms with E-state index in [0.717, 1.165) is 17.0 Å². The SMILES string of the molecule is CC(=S)NC[C@H]1CN(c2cc(F)c(NC3=CC4C=CC=CC4(C)C=CC3=O)c(F)c2)C(=O)O1. The predicted octanol–water partition coefficient (Wildman–Crippen LogP) is 4.41. The van der Waals surface area contributed by atoms with Gasteiger partial charge >= 0.3 is 6.09 Å². The minimum atomic E-state index is -0.933. The molecule has 1 heterocycles. The number of anilines is 2. The molecule has 172 valence electrons. The molecule has 0 saturated carbocycles. The van der Waals surface area contributed by atoms with E-state index in [1.54, 1.807) is 19.1 Å². The number of halogens is 2. The lowest BCUT2D eigenvalue weighted by molar-refractivity contribution is -0.111. The summed E-state index contributed by atoms with van der Waals surface area (Å²) >= 11 is 4.94. The molecular formula is C24H23F2N3O3S. The van der Waals surface area contributed by atoms with E-state index in [1.165, 1.54) is 6.08 Å². The fourth-order valence-electron chi connectivity index (χ4n) is 3.94. The minimum Gasteiger partial charge on any atom is -0.442 e. The van der Waals surface area contributed by atoms with Crippen molar-refractivity contribution in [2.75, 3.05) is 23.3 Å². The van der Waals surface area contributed by atoms with Gasteiger partial charge in [-0.2, -0.15) is 0 Å². The first-order valence-electron chi connectivity index (χ1n) is 10.5. The Morgan fingerprint density at radius 2 is 1.97 bits per heavy atom. The standard InChI is InChI=1S/C24H23F2N3O3S/c1-14(33)27-12-17-13-29(23(31)32-17)16-10-18(25)22(19(26)11-16)28-20-9-15-5-3-4-7-24(15,2)8-6-21(20)30/h3-11,15,17,28H,12-13H2,1-2H3,(H,27,33)/t15?,17-,24?/m0/s1. The van der Waals surface area contributed by atoms with Crippen LogP contribution in [-0.2, 0) is 9.53 Å². The van der Waals surface area contributed by atoms with Crippen LogP contribution in [0.5, 0.6) is 0 Å². The molecule has 2 N–H and O–H groups in total. The Labute approximate surface area is 195 Å². The molecule has 1 amide bonds. The average Bonchev–Trinajstić information content (AvgIpc) is 3.08. The fraction of sp³-hybridized carbons (Fsp3) is 0.292. The van der Waals surface area contributed by atoms with Crippen LogP contribution >= 0.6 is 12.2 Å². The molecule has 0 aromatic heterocycles. The number of carbonyl (C=O) groups excluding carboxylic acids is 2. The van der Waals surface area contributed by atoms with Gasteiger partial charge in [-0.15, -0.1) is 0 Å². The molecule has 2 aliphatic carbocycles. The molecule has 4 rings (SSSR count). The van der Waals surface area contributed by atoms with E-state index in [1.807, 2.05) is 31.2 Å². The van der Waals surface area contributed by atoms with Gasteiger partial charge in [0, 0.05) is 23.5 Å². The summed E-state index contributed by atoms with van der Waals surface area (Å²) in [5, 5.41) is 5.53. The molecule has 3 atom stereocenters. The van der Waals surface area contributed by atoms with Gasteiger partial charge < -0.3 is 15.4 Å². The molecule has 0 radical (unpaired) electrons. The number of allylic oxidation sites excluding steroid dienone is 7. The molecule has 0 spiro atoms. The molecule has 1 aliphatic heterocycles. The number of ether oxygens (including phenoxy) is 1. The minimum absolute atomic E-state index is 0.0242. The van der Waals surface area contributed by atoms with Crippen LogP contribution in [0.3, 0.4) is 0 Å². The van der Waals surface area contributed by atoms with Crippen LogP contribution in [0.15, 0.2) is 60.4 Å². The Morgan fingerprint density at radius 1 is 1.24 bits per heavy atom. The van der Waals surface area contributed by atoms with Gasteiger partial charge in [-0.3, -0.25) is 9.69 Å². The van der Waals surface area contributed by atoms with E-state index in [-0.39, 0.29) is 29.6 Å². The zero-order chi connectivity index (χ0) is 23.8. The second kappa shape index (κ2) is 8.90. The number of thiocarbonyl (C=S) groups is 1. The smallest absolute Gasteiger partial charge is 0.414 e. The molecule has 6 nitrogen and oxygen atoms in total. The number of hydrogen-bond donors (Lipinski definition) is 2. The topological polar surface area (TPSA) is 70.7 Å². The Kier molecular flexibility index (Phi) is 6.16. The van der Waals surface area contributed by atoms with Gasteiger partial charge in [0.25, 0.3) is 0 Å². The van der Waals surface area contributed by atoms with Gasteiger partial charge in [-0.05, 0) is 19.1 Å². The molecule has 0 bridgehead atoms. The van der Waals surface area contributed by atoms with Crippen molar-refractivity contribution in [3.8, 4) is 0 Å². The molecule has 1 saturated heterocycles. The molecular weight excluding hydrogens is 448 g/mol. The zero-order valence-electron chi connectivity index (χ0n) is 18.1. The molecule has 1 aromatic carbocycles. The van der Waals surface area contributed by atoms with Crippen molar-refractivity contribution in [1.82, 2.24) is 5.32 Å². The maximum atomic E-state index is 14.9. The normalized spacial score (nSPS) is 25.9. The number of fused-ring (bicyclic) bond motifs is 1. The van der Waals surface area contributed by atoms with Crippen molar-refractivity contribution < 1.29 is 23.1 Å². The lowest BCUT2D eigenvalue weighted by Gasteiger charge is -2.29. The summed E-state index contributed by atoms with van der Waals surface area (Å²) in [6, 6.07) is 2.08. The molecule has 33 heavy (non-hydrogen) atoms. The molecule has 1 aromatic rings. The quantitative estimate of drug-likeness (QED) is 0.620. The molecule has 1 fully saturated rings. The number of benzene rings is 1. The third-order valence-corrected chi connectivity index (χ3v) is 6.00. The highest BCUT2D eigenvalue weighted by molar-refractivity contribution is 7.80. The van der Waals surface area contributed by atoms with Gasteiger partial charge in [0.05, 0.1) is 29.5 Å². The van der Waals surface area contributed by atoms with Crippen molar-refractivity contribution in [2.24, 2.45) is 11.3 Å². The first-order chi connectivity index (χ1) is 15.7. The second-order valence-corrected chi connectivity index (χ2v) is 8.99. The van der Waals surface area contributed by atoms with Crippen LogP contribution in [0.1, 0.15) is 13.8 Å². The summed E-state index contributed by atoms with van der Waals surface area (Å²) in [6.07, 6.45) is 11.3. The van der Waals surface area contributed by atoms with Crippen molar-refractivity contribution >= 4 is 40.5 Å². The highest BCUT2D eigenvalue weighted by atomic mass is 32.1. The van der Waals surface area contributed by atoms with E-state index < -0.39 is 34.9 Å². The largest absolute Gasteiger partial charge is 0.442 e. The Balaban J connectivity index is 1.56. The first kappa shape index (κ1) is 22.8. The number of hydrogen-bond acceptors (Lipinski definition) is 5. The van der Waals surface area contributed by atoms with Crippen LogP contribution in [0.2, 0.25) is 0 Å². The van der Waals surface area contributed by atoms with E-state index in [4.69, 9.17) is 17.0 Å². The Bertz CT molecular complexity index is 1120. The van der Waals surface area contributed by atoms with E-state index in [2.05, 4.69) is 10.6 Å². The number of carbonyl (C=O) groups is 2. The molecule has 2 unspecified atom stereocenters. The summed E-state index contributed by atoms with van der Waals surface area (Å²) < 4.78 is 35.1. The van der Waals surface area contributed by atoms with Gasteiger partial charge in [-0.1, -0.05) is 49.5 Å². The molecule has 9 heteroatoms. The maximum absolute atomic E-state index is 14.9. The first-order valence-corrected chi connectivity index (χ1v) is 10.9. The number of nitrogens with zero attached hydrogens (tertiary/aromatic N) is 1. The summed E-state index contributed by atoms with van der Waals surface area (Å²) in [7, 11) is 0. The summed E-state index contributed by atoms with van der Waals surface area (Å²) in [4.78, 5) is 26.5. The maximum Gasteiger partial charge on any atom is 0.414 e. The van der Waals surface area contributed by atoms with Gasteiger partial charge in [0.2, 0.25) is 5.78 Å². The highest BCUT2D eigenvalue weighted by Crippen LogP contribution is 2.38. The van der Waals surface area contributed by atoms with E-state index in [0.29, 0.717) is 11.5 Å². The van der Waals surface area contributed by atoms with E-state index in [9.17, 15) is 18.4 Å². The fourth-order valence-corrected chi connectivity index (χ4v) is 4.03. The van der Waals surface area contributed by atoms with Gasteiger partial charge in [-0.25, -0.2) is 13.6 Å².